The lowest BCUT2D eigenvalue weighted by Gasteiger charge is -2.24. The molecule has 2 aromatic rings. The molecular formula is C16H16ClNO2S. The van der Waals surface area contributed by atoms with E-state index in [-0.39, 0.29) is 11.9 Å². The van der Waals surface area contributed by atoms with Gasteiger partial charge < -0.3 is 10.1 Å². The Balaban J connectivity index is 1.82. The molecule has 0 radical (unpaired) electrons. The number of hydrogen-bond donors (Lipinski definition) is 1. The zero-order valence-electron chi connectivity index (χ0n) is 11.7. The summed E-state index contributed by atoms with van der Waals surface area (Å²) >= 11 is 7.70. The van der Waals surface area contributed by atoms with Gasteiger partial charge in [-0.1, -0.05) is 11.6 Å². The second-order valence-electron chi connectivity index (χ2n) is 5.06. The number of thiophene rings is 1. The maximum Gasteiger partial charge on any atom is 0.255 e. The van der Waals surface area contributed by atoms with E-state index in [1.807, 2.05) is 0 Å². The van der Waals surface area contributed by atoms with Crippen LogP contribution in [0.3, 0.4) is 0 Å². The van der Waals surface area contributed by atoms with Crippen LogP contribution in [0.1, 0.15) is 39.7 Å². The van der Waals surface area contributed by atoms with Crippen LogP contribution in [0, 0.1) is 0 Å². The number of hydrogen-bond acceptors (Lipinski definition) is 3. The van der Waals surface area contributed by atoms with Gasteiger partial charge in [0.1, 0.15) is 5.75 Å². The van der Waals surface area contributed by atoms with E-state index in [0.29, 0.717) is 16.3 Å². The molecule has 0 saturated heterocycles. The summed E-state index contributed by atoms with van der Waals surface area (Å²) in [7, 11) is 1.54. The van der Waals surface area contributed by atoms with Crippen LogP contribution in [0.2, 0.25) is 5.02 Å². The first-order valence-corrected chi connectivity index (χ1v) is 8.15. The van der Waals surface area contributed by atoms with Crippen LogP contribution in [0.5, 0.6) is 5.75 Å². The number of aryl methyl sites for hydroxylation is 1. The Labute approximate surface area is 132 Å². The predicted molar refractivity (Wildman–Crippen MR) is 85.5 cm³/mol. The molecule has 0 fully saturated rings. The summed E-state index contributed by atoms with van der Waals surface area (Å²) in [5.74, 6) is 0.383. The molecule has 3 nitrogen and oxygen atoms in total. The molecule has 1 amide bonds. The first-order chi connectivity index (χ1) is 10.2. The molecule has 0 spiro atoms. The molecule has 1 unspecified atom stereocenters. The van der Waals surface area contributed by atoms with Crippen molar-refractivity contribution in [1.29, 1.82) is 0 Å². The van der Waals surface area contributed by atoms with Crippen molar-refractivity contribution >= 4 is 28.8 Å². The first-order valence-electron chi connectivity index (χ1n) is 6.89. The van der Waals surface area contributed by atoms with Crippen molar-refractivity contribution in [3.05, 3.63) is 50.7 Å². The maximum atomic E-state index is 12.5. The summed E-state index contributed by atoms with van der Waals surface area (Å²) in [5, 5.41) is 5.77. The lowest BCUT2D eigenvalue weighted by Crippen LogP contribution is -2.30. The molecular weight excluding hydrogens is 306 g/mol. The van der Waals surface area contributed by atoms with Crippen molar-refractivity contribution in [2.75, 3.05) is 7.11 Å². The minimum Gasteiger partial charge on any atom is -0.496 e. The Bertz CT molecular complexity index is 668. The first kappa shape index (κ1) is 14.4. The largest absolute Gasteiger partial charge is 0.496 e. The van der Waals surface area contributed by atoms with Gasteiger partial charge in [-0.15, -0.1) is 11.3 Å². The van der Waals surface area contributed by atoms with Crippen molar-refractivity contribution in [3.8, 4) is 5.75 Å². The number of methoxy groups -OCH3 is 1. The highest BCUT2D eigenvalue weighted by Crippen LogP contribution is 2.34. The highest BCUT2D eigenvalue weighted by molar-refractivity contribution is 7.10. The fourth-order valence-electron chi connectivity index (χ4n) is 2.72. The lowest BCUT2D eigenvalue weighted by molar-refractivity contribution is 0.0930. The van der Waals surface area contributed by atoms with Crippen LogP contribution < -0.4 is 10.1 Å². The zero-order valence-corrected chi connectivity index (χ0v) is 13.3. The van der Waals surface area contributed by atoms with Gasteiger partial charge in [-0.3, -0.25) is 4.79 Å². The number of fused-ring (bicyclic) bond motifs is 1. The average Bonchev–Trinajstić information content (AvgIpc) is 2.96. The molecule has 1 aromatic carbocycles. The molecule has 1 atom stereocenters. The Hall–Kier alpha value is -1.52. The van der Waals surface area contributed by atoms with Gasteiger partial charge in [-0.05, 0) is 54.5 Å². The molecule has 21 heavy (non-hydrogen) atoms. The van der Waals surface area contributed by atoms with Crippen LogP contribution >= 0.6 is 22.9 Å². The van der Waals surface area contributed by atoms with E-state index in [1.54, 1.807) is 36.6 Å². The molecule has 1 heterocycles. The van der Waals surface area contributed by atoms with E-state index in [9.17, 15) is 4.79 Å². The summed E-state index contributed by atoms with van der Waals surface area (Å²) in [6.45, 7) is 0. The van der Waals surface area contributed by atoms with E-state index < -0.39 is 0 Å². The molecule has 5 heteroatoms. The SMILES string of the molecule is COc1cc(Cl)ccc1C(=O)NC1CCCc2sccc21. The van der Waals surface area contributed by atoms with Gasteiger partial charge in [-0.25, -0.2) is 0 Å². The van der Waals surface area contributed by atoms with E-state index in [1.165, 1.54) is 10.4 Å². The fraction of sp³-hybridized carbons (Fsp3) is 0.312. The third-order valence-electron chi connectivity index (χ3n) is 3.77. The van der Waals surface area contributed by atoms with Gasteiger partial charge >= 0.3 is 0 Å². The standard InChI is InChI=1S/C16H16ClNO2S/c1-20-14-9-10(17)5-6-12(14)16(19)18-13-3-2-4-15-11(13)7-8-21-15/h5-9,13H,2-4H2,1H3,(H,18,19). The minimum absolute atomic E-state index is 0.0906. The van der Waals surface area contributed by atoms with Gasteiger partial charge in [0, 0.05) is 9.90 Å². The second kappa shape index (κ2) is 6.08. The van der Waals surface area contributed by atoms with Gasteiger partial charge in [0.15, 0.2) is 0 Å². The average molecular weight is 322 g/mol. The number of rotatable bonds is 3. The molecule has 0 aliphatic heterocycles. The molecule has 1 aromatic heterocycles. The molecule has 0 saturated carbocycles. The normalized spacial score (nSPS) is 17.1. The summed E-state index contributed by atoms with van der Waals surface area (Å²) < 4.78 is 5.25. The van der Waals surface area contributed by atoms with Gasteiger partial charge in [0.05, 0.1) is 18.7 Å². The highest BCUT2D eigenvalue weighted by atomic mass is 35.5. The number of amides is 1. The van der Waals surface area contributed by atoms with Crippen LogP contribution in [-0.2, 0) is 6.42 Å². The number of carbonyl (C=O) groups excluding carboxylic acids is 1. The number of halogens is 1. The van der Waals surface area contributed by atoms with Gasteiger partial charge in [0.25, 0.3) is 5.91 Å². The van der Waals surface area contributed by atoms with E-state index >= 15 is 0 Å². The van der Waals surface area contributed by atoms with Crippen LogP contribution in [-0.4, -0.2) is 13.0 Å². The summed E-state index contributed by atoms with van der Waals surface area (Å²) in [6.07, 6.45) is 3.20. The molecule has 1 aliphatic carbocycles. The topological polar surface area (TPSA) is 38.3 Å². The smallest absolute Gasteiger partial charge is 0.255 e. The van der Waals surface area contributed by atoms with Crippen molar-refractivity contribution in [2.45, 2.75) is 25.3 Å². The van der Waals surface area contributed by atoms with Crippen molar-refractivity contribution < 1.29 is 9.53 Å². The van der Waals surface area contributed by atoms with Crippen LogP contribution in [0.15, 0.2) is 29.6 Å². The maximum absolute atomic E-state index is 12.5. The Morgan fingerprint density at radius 1 is 1.43 bits per heavy atom. The van der Waals surface area contributed by atoms with Crippen LogP contribution in [0.4, 0.5) is 0 Å². The fourth-order valence-corrected chi connectivity index (χ4v) is 3.87. The Morgan fingerprint density at radius 2 is 2.29 bits per heavy atom. The predicted octanol–water partition coefficient (Wildman–Crippen LogP) is 4.22. The molecule has 0 bridgehead atoms. The second-order valence-corrected chi connectivity index (χ2v) is 6.50. The highest BCUT2D eigenvalue weighted by Gasteiger charge is 2.24. The number of nitrogens with one attached hydrogen (secondary N) is 1. The van der Waals surface area contributed by atoms with Gasteiger partial charge in [0.2, 0.25) is 0 Å². The number of ether oxygens (including phenoxy) is 1. The molecule has 1 N–H and O–H groups in total. The van der Waals surface area contributed by atoms with Gasteiger partial charge in [-0.2, -0.15) is 0 Å². The molecule has 1 aliphatic rings. The van der Waals surface area contributed by atoms with Crippen LogP contribution in [0.25, 0.3) is 0 Å². The zero-order chi connectivity index (χ0) is 14.8. The lowest BCUT2D eigenvalue weighted by atomic mass is 9.94. The summed E-state index contributed by atoms with van der Waals surface area (Å²) in [6, 6.07) is 7.27. The van der Waals surface area contributed by atoms with Crippen molar-refractivity contribution in [3.63, 3.8) is 0 Å². The number of carbonyl (C=O) groups is 1. The summed E-state index contributed by atoms with van der Waals surface area (Å²) in [5.41, 5.74) is 1.77. The summed E-state index contributed by atoms with van der Waals surface area (Å²) in [4.78, 5) is 13.9. The van der Waals surface area contributed by atoms with E-state index in [2.05, 4.69) is 16.8 Å². The van der Waals surface area contributed by atoms with Crippen molar-refractivity contribution in [1.82, 2.24) is 5.32 Å². The Kier molecular flexibility index (Phi) is 4.17. The minimum atomic E-state index is -0.118. The number of benzene rings is 1. The molecule has 110 valence electrons. The van der Waals surface area contributed by atoms with Crippen molar-refractivity contribution in [2.24, 2.45) is 0 Å². The van der Waals surface area contributed by atoms with E-state index in [0.717, 1.165) is 19.3 Å². The third kappa shape index (κ3) is 2.92. The third-order valence-corrected chi connectivity index (χ3v) is 5.00. The molecule has 3 rings (SSSR count). The van der Waals surface area contributed by atoms with E-state index in [4.69, 9.17) is 16.3 Å². The quantitative estimate of drug-likeness (QED) is 0.919. The monoisotopic (exact) mass is 321 g/mol. The Morgan fingerprint density at radius 3 is 3.10 bits per heavy atom.